The van der Waals surface area contributed by atoms with Crippen LogP contribution in [0.25, 0.3) is 0 Å². The number of carbonyl (C=O) groups is 1. The molecule has 0 aromatic carbocycles. The van der Waals surface area contributed by atoms with Gasteiger partial charge in [-0.3, -0.25) is 9.74 Å². The van der Waals surface area contributed by atoms with Crippen molar-refractivity contribution in [1.29, 1.82) is 0 Å². The lowest BCUT2D eigenvalue weighted by molar-refractivity contribution is -0.117. The van der Waals surface area contributed by atoms with Crippen LogP contribution in [-0.2, 0) is 9.74 Å². The first-order valence-electron chi connectivity index (χ1n) is 3.10. The van der Waals surface area contributed by atoms with Gasteiger partial charge in [0.1, 0.15) is 0 Å². The molecule has 0 radical (unpaired) electrons. The molecule has 0 bridgehead atoms. The van der Waals surface area contributed by atoms with E-state index < -0.39 is 0 Å². The molecule has 3 nitrogen and oxygen atoms in total. The second kappa shape index (κ2) is 3.20. The fourth-order valence-electron chi connectivity index (χ4n) is 0.804. The van der Waals surface area contributed by atoms with E-state index in [0.717, 1.165) is 12.5 Å². The number of carbonyl (C=O) groups excluding carboxylic acids is 1. The van der Waals surface area contributed by atoms with Crippen LogP contribution < -0.4 is 5.32 Å². The zero-order valence-electron chi connectivity index (χ0n) is 5.39. The molecular formula is C6H8FNO2. The molecule has 1 N–H and O–H groups in total. The number of allylic oxidation sites excluding steroid dienone is 1. The number of hydrogen-bond donors (Lipinski definition) is 1. The van der Waals surface area contributed by atoms with Crippen LogP contribution >= 0.6 is 0 Å². The molecule has 0 spiro atoms. The Hall–Kier alpha value is -1.06. The van der Waals surface area contributed by atoms with Gasteiger partial charge in [-0.05, 0) is 6.42 Å². The Morgan fingerprint density at radius 3 is 3.20 bits per heavy atom. The summed E-state index contributed by atoms with van der Waals surface area (Å²) >= 11 is 0. The van der Waals surface area contributed by atoms with Crippen molar-refractivity contribution in [2.75, 3.05) is 6.54 Å². The Balaban J connectivity index is 2.59. The Labute approximate surface area is 57.8 Å². The molecule has 0 atom stereocenters. The van der Waals surface area contributed by atoms with Crippen molar-refractivity contribution in [2.24, 2.45) is 0 Å². The van der Waals surface area contributed by atoms with Crippen LogP contribution in [0, 0.1) is 0 Å². The largest absolute Gasteiger partial charge is 0.352 e. The van der Waals surface area contributed by atoms with Crippen LogP contribution in [-0.4, -0.2) is 12.5 Å². The maximum absolute atomic E-state index is 11.5. The summed E-state index contributed by atoms with van der Waals surface area (Å²) in [6, 6.07) is 0. The molecule has 10 heavy (non-hydrogen) atoms. The molecule has 0 aromatic heterocycles. The van der Waals surface area contributed by atoms with Gasteiger partial charge in [0, 0.05) is 23.6 Å². The van der Waals surface area contributed by atoms with Crippen molar-refractivity contribution in [3.8, 4) is 0 Å². The van der Waals surface area contributed by atoms with E-state index in [1.54, 1.807) is 0 Å². The van der Waals surface area contributed by atoms with Crippen LogP contribution in [0.2, 0.25) is 0 Å². The van der Waals surface area contributed by atoms with Crippen molar-refractivity contribution in [1.82, 2.24) is 5.32 Å². The van der Waals surface area contributed by atoms with Gasteiger partial charge in [-0.2, -0.15) is 0 Å². The number of hydrogen-bond acceptors (Lipinski definition) is 2. The van der Waals surface area contributed by atoms with Gasteiger partial charge in [0.05, 0.1) is 0 Å². The van der Waals surface area contributed by atoms with E-state index in [-0.39, 0.29) is 11.7 Å². The summed E-state index contributed by atoms with van der Waals surface area (Å²) in [5.74, 6) is -0.180. The smallest absolute Gasteiger partial charge is 0.247 e. The molecular weight excluding hydrogens is 137 g/mol. The highest BCUT2D eigenvalue weighted by molar-refractivity contribution is 5.88. The first-order valence-corrected chi connectivity index (χ1v) is 3.10. The standard InChI is InChI=1S/C6H8FNO2/c7-10-5-2-1-3-8-6(9)4-5/h4H,1-3H2,(H,8,9). The summed E-state index contributed by atoms with van der Waals surface area (Å²) in [7, 11) is 0. The Kier molecular flexibility index (Phi) is 2.25. The van der Waals surface area contributed by atoms with Crippen molar-refractivity contribution >= 4 is 5.91 Å². The fraction of sp³-hybridized carbons (Fsp3) is 0.500. The Bertz CT molecular complexity index is 167. The molecule has 56 valence electrons. The molecule has 0 saturated heterocycles. The molecule has 0 fully saturated rings. The van der Waals surface area contributed by atoms with Gasteiger partial charge >= 0.3 is 0 Å². The average Bonchev–Trinajstić information content (AvgIpc) is 2.13. The minimum atomic E-state index is -0.287. The summed E-state index contributed by atoms with van der Waals surface area (Å²) in [6.07, 6.45) is 2.34. The summed E-state index contributed by atoms with van der Waals surface area (Å²) in [4.78, 5) is 14.1. The van der Waals surface area contributed by atoms with Crippen LogP contribution in [0.3, 0.4) is 0 Å². The van der Waals surface area contributed by atoms with Crippen molar-refractivity contribution in [2.45, 2.75) is 12.8 Å². The van der Waals surface area contributed by atoms with E-state index in [4.69, 9.17) is 0 Å². The van der Waals surface area contributed by atoms with Gasteiger partial charge in [-0.1, -0.05) is 0 Å². The SMILES string of the molecule is O=C1C=C(OF)CCCN1. The Morgan fingerprint density at radius 1 is 1.70 bits per heavy atom. The highest BCUT2D eigenvalue weighted by atomic mass is 19.3. The van der Waals surface area contributed by atoms with Gasteiger partial charge < -0.3 is 5.32 Å². The van der Waals surface area contributed by atoms with Crippen LogP contribution in [0.15, 0.2) is 11.8 Å². The van der Waals surface area contributed by atoms with Crippen molar-refractivity contribution < 1.29 is 14.3 Å². The van der Waals surface area contributed by atoms with Crippen LogP contribution in [0.4, 0.5) is 4.53 Å². The van der Waals surface area contributed by atoms with E-state index >= 15 is 0 Å². The fourth-order valence-corrected chi connectivity index (χ4v) is 0.804. The van der Waals surface area contributed by atoms with E-state index in [0.29, 0.717) is 13.0 Å². The third-order valence-electron chi connectivity index (χ3n) is 1.29. The van der Waals surface area contributed by atoms with E-state index in [2.05, 4.69) is 10.3 Å². The zero-order valence-corrected chi connectivity index (χ0v) is 5.39. The second-order valence-corrected chi connectivity index (χ2v) is 2.08. The van der Waals surface area contributed by atoms with Crippen LogP contribution in [0.1, 0.15) is 12.8 Å². The maximum Gasteiger partial charge on any atom is 0.247 e. The van der Waals surface area contributed by atoms with Gasteiger partial charge in [0.25, 0.3) is 0 Å². The molecule has 0 saturated carbocycles. The normalized spacial score (nSPS) is 18.9. The highest BCUT2D eigenvalue weighted by Crippen LogP contribution is 2.08. The number of nitrogens with one attached hydrogen (secondary N) is 1. The second-order valence-electron chi connectivity index (χ2n) is 2.08. The minimum absolute atomic E-state index is 0.106. The van der Waals surface area contributed by atoms with Gasteiger partial charge in [0.15, 0.2) is 5.76 Å². The summed E-state index contributed by atoms with van der Waals surface area (Å²) < 4.78 is 11.5. The molecule has 0 unspecified atom stereocenters. The number of amides is 1. The molecule has 1 aliphatic heterocycles. The monoisotopic (exact) mass is 145 g/mol. The predicted molar refractivity (Wildman–Crippen MR) is 32.5 cm³/mol. The quantitative estimate of drug-likeness (QED) is 0.589. The minimum Gasteiger partial charge on any atom is -0.352 e. The van der Waals surface area contributed by atoms with Gasteiger partial charge in [0.2, 0.25) is 5.91 Å². The lowest BCUT2D eigenvalue weighted by Gasteiger charge is -1.93. The predicted octanol–water partition coefficient (Wildman–Crippen LogP) is 0.681. The highest BCUT2D eigenvalue weighted by Gasteiger charge is 2.08. The molecule has 1 amide bonds. The first-order chi connectivity index (χ1) is 4.83. The Morgan fingerprint density at radius 2 is 2.50 bits per heavy atom. The van der Waals surface area contributed by atoms with Gasteiger partial charge in [-0.15, -0.1) is 0 Å². The number of halogens is 1. The van der Waals surface area contributed by atoms with Gasteiger partial charge in [-0.25, -0.2) is 0 Å². The molecule has 4 heteroatoms. The number of rotatable bonds is 1. The summed E-state index contributed by atoms with van der Waals surface area (Å²) in [5.41, 5.74) is 0. The third kappa shape index (κ3) is 1.72. The lowest BCUT2D eigenvalue weighted by atomic mass is 10.3. The molecule has 1 heterocycles. The lowest BCUT2D eigenvalue weighted by Crippen LogP contribution is -2.20. The van der Waals surface area contributed by atoms with Crippen LogP contribution in [0.5, 0.6) is 0 Å². The summed E-state index contributed by atoms with van der Waals surface area (Å²) in [6.45, 7) is 0.586. The topological polar surface area (TPSA) is 38.3 Å². The molecule has 1 aliphatic rings. The molecule has 0 aromatic rings. The van der Waals surface area contributed by atoms with E-state index in [9.17, 15) is 9.32 Å². The molecule has 1 rings (SSSR count). The first kappa shape index (κ1) is 7.05. The van der Waals surface area contributed by atoms with E-state index in [1.807, 2.05) is 0 Å². The third-order valence-corrected chi connectivity index (χ3v) is 1.29. The maximum atomic E-state index is 11.5. The van der Waals surface area contributed by atoms with Crippen molar-refractivity contribution in [3.05, 3.63) is 11.8 Å². The zero-order chi connectivity index (χ0) is 7.40. The summed E-state index contributed by atoms with van der Waals surface area (Å²) in [5, 5.41) is 2.55. The average molecular weight is 145 g/mol. The van der Waals surface area contributed by atoms with E-state index in [1.165, 1.54) is 0 Å². The molecule has 0 aliphatic carbocycles. The van der Waals surface area contributed by atoms with Crippen molar-refractivity contribution in [3.63, 3.8) is 0 Å².